The van der Waals surface area contributed by atoms with E-state index >= 15 is 0 Å². The maximum Gasteiger partial charge on any atom is 0.119 e. The van der Waals surface area contributed by atoms with E-state index in [9.17, 15) is 5.11 Å². The van der Waals surface area contributed by atoms with Crippen molar-refractivity contribution in [3.05, 3.63) is 29.3 Å². The minimum atomic E-state index is -0.647. The smallest absolute Gasteiger partial charge is 0.119 e. The van der Waals surface area contributed by atoms with E-state index in [1.54, 1.807) is 7.11 Å². The van der Waals surface area contributed by atoms with Crippen molar-refractivity contribution in [2.75, 3.05) is 33.5 Å². The number of aliphatic hydroxyl groups is 1. The summed E-state index contributed by atoms with van der Waals surface area (Å²) in [7, 11) is 1.61. The van der Waals surface area contributed by atoms with Crippen molar-refractivity contribution in [1.29, 1.82) is 0 Å². The van der Waals surface area contributed by atoms with Crippen molar-refractivity contribution in [1.82, 2.24) is 0 Å². The van der Waals surface area contributed by atoms with E-state index in [1.807, 2.05) is 12.1 Å². The van der Waals surface area contributed by atoms with Gasteiger partial charge in [-0.2, -0.15) is 0 Å². The number of rotatable bonds is 8. The van der Waals surface area contributed by atoms with Gasteiger partial charge in [-0.15, -0.1) is 0 Å². The van der Waals surface area contributed by atoms with Gasteiger partial charge in [0.1, 0.15) is 18.5 Å². The molecule has 1 aliphatic carbocycles. The summed E-state index contributed by atoms with van der Waals surface area (Å²) in [5.74, 6) is 0.752. The number of hydrogen-bond acceptors (Lipinski definition) is 5. The molecule has 0 heterocycles. The molecule has 1 aromatic rings. The minimum absolute atomic E-state index is 0.0969. The van der Waals surface area contributed by atoms with Gasteiger partial charge in [0.15, 0.2) is 0 Å². The zero-order valence-corrected chi connectivity index (χ0v) is 12.6. The van der Waals surface area contributed by atoms with Gasteiger partial charge >= 0.3 is 0 Å². The molecule has 5 nitrogen and oxygen atoms in total. The Hall–Kier alpha value is -1.14. The molecule has 2 atom stereocenters. The van der Waals surface area contributed by atoms with Gasteiger partial charge in [0.2, 0.25) is 0 Å². The maximum atomic E-state index is 9.78. The Morgan fingerprint density at radius 3 is 3.00 bits per heavy atom. The highest BCUT2D eigenvalue weighted by atomic mass is 16.5. The topological polar surface area (TPSA) is 73.9 Å². The molecule has 118 valence electrons. The van der Waals surface area contributed by atoms with Crippen molar-refractivity contribution in [3.8, 4) is 5.75 Å². The first-order valence-corrected chi connectivity index (χ1v) is 7.46. The van der Waals surface area contributed by atoms with Gasteiger partial charge in [-0.05, 0) is 42.5 Å². The lowest BCUT2D eigenvalue weighted by Gasteiger charge is -2.23. The van der Waals surface area contributed by atoms with Crippen LogP contribution in [0.2, 0.25) is 0 Å². The lowest BCUT2D eigenvalue weighted by Crippen LogP contribution is -2.24. The van der Waals surface area contributed by atoms with Crippen LogP contribution in [0.3, 0.4) is 0 Å². The lowest BCUT2D eigenvalue weighted by atomic mass is 9.88. The summed E-state index contributed by atoms with van der Waals surface area (Å²) < 4.78 is 15.7. The Morgan fingerprint density at radius 1 is 1.33 bits per heavy atom. The van der Waals surface area contributed by atoms with Gasteiger partial charge in [-0.25, -0.2) is 0 Å². The number of fused-ring (bicyclic) bond motifs is 1. The second-order valence-corrected chi connectivity index (χ2v) is 5.39. The second-order valence-electron chi connectivity index (χ2n) is 5.39. The summed E-state index contributed by atoms with van der Waals surface area (Å²) in [5, 5.41) is 9.78. The number of hydrogen-bond donors (Lipinski definition) is 2. The molecule has 5 heteroatoms. The molecule has 0 saturated heterocycles. The molecule has 1 aromatic carbocycles. The van der Waals surface area contributed by atoms with Crippen LogP contribution in [0.4, 0.5) is 0 Å². The molecule has 0 amide bonds. The molecule has 2 unspecified atom stereocenters. The van der Waals surface area contributed by atoms with Crippen LogP contribution in [0.1, 0.15) is 30.0 Å². The van der Waals surface area contributed by atoms with E-state index in [0.717, 1.165) is 25.0 Å². The van der Waals surface area contributed by atoms with Gasteiger partial charge in [0.05, 0.1) is 19.8 Å². The third kappa shape index (κ3) is 4.97. The quantitative estimate of drug-likeness (QED) is 0.710. The van der Waals surface area contributed by atoms with Gasteiger partial charge in [-0.1, -0.05) is 6.07 Å². The zero-order valence-electron chi connectivity index (χ0n) is 12.6. The average molecular weight is 295 g/mol. The van der Waals surface area contributed by atoms with Crippen LogP contribution in [0.25, 0.3) is 0 Å². The fraction of sp³-hybridized carbons (Fsp3) is 0.625. The molecule has 0 spiro atoms. The molecule has 0 saturated carbocycles. The lowest BCUT2D eigenvalue weighted by molar-refractivity contribution is -0.00421. The van der Waals surface area contributed by atoms with Gasteiger partial charge in [0, 0.05) is 13.2 Å². The molecule has 0 aromatic heterocycles. The number of nitrogens with two attached hydrogens (primary N) is 1. The van der Waals surface area contributed by atoms with Crippen LogP contribution < -0.4 is 10.5 Å². The molecular weight excluding hydrogens is 270 g/mol. The first-order valence-electron chi connectivity index (χ1n) is 7.46. The minimum Gasteiger partial charge on any atom is -0.491 e. The zero-order chi connectivity index (χ0) is 15.1. The summed E-state index contributed by atoms with van der Waals surface area (Å²) in [6.07, 6.45) is 2.60. The third-order valence-electron chi connectivity index (χ3n) is 3.66. The largest absolute Gasteiger partial charge is 0.491 e. The monoisotopic (exact) mass is 295 g/mol. The van der Waals surface area contributed by atoms with Crippen LogP contribution in [0.5, 0.6) is 5.75 Å². The van der Waals surface area contributed by atoms with Gasteiger partial charge < -0.3 is 25.1 Å². The number of aryl methyl sites for hydroxylation is 1. The highest BCUT2D eigenvalue weighted by Crippen LogP contribution is 2.30. The average Bonchev–Trinajstić information content (AvgIpc) is 2.50. The van der Waals surface area contributed by atoms with Crippen LogP contribution in [0.15, 0.2) is 18.2 Å². The van der Waals surface area contributed by atoms with E-state index in [1.165, 1.54) is 11.1 Å². The number of methoxy groups -OCH3 is 1. The normalized spacial score (nSPS) is 19.1. The number of benzene rings is 1. The SMILES string of the molecule is COCCOCC(O)COc1ccc2c(c1)C(N)CCC2. The predicted octanol–water partition coefficient (Wildman–Crippen LogP) is 1.43. The molecule has 2 rings (SSSR count). The first-order chi connectivity index (χ1) is 10.2. The van der Waals surface area contributed by atoms with Crippen molar-refractivity contribution >= 4 is 0 Å². The standard InChI is InChI=1S/C16H25NO4/c1-19-7-8-20-10-13(18)11-21-14-6-5-12-3-2-4-16(17)15(12)9-14/h5-6,9,13,16,18H,2-4,7-8,10-11,17H2,1H3. The van der Waals surface area contributed by atoms with Crippen LogP contribution >= 0.6 is 0 Å². The van der Waals surface area contributed by atoms with Crippen molar-refractivity contribution in [2.24, 2.45) is 5.73 Å². The van der Waals surface area contributed by atoms with Crippen molar-refractivity contribution < 1.29 is 19.3 Å². The summed E-state index contributed by atoms with van der Waals surface area (Å²) in [4.78, 5) is 0. The van der Waals surface area contributed by atoms with E-state index in [4.69, 9.17) is 19.9 Å². The molecule has 0 bridgehead atoms. The predicted molar refractivity (Wildman–Crippen MR) is 80.5 cm³/mol. The van der Waals surface area contributed by atoms with E-state index in [0.29, 0.717) is 13.2 Å². The molecule has 0 radical (unpaired) electrons. The van der Waals surface area contributed by atoms with Crippen molar-refractivity contribution in [2.45, 2.75) is 31.4 Å². The van der Waals surface area contributed by atoms with E-state index in [-0.39, 0.29) is 19.3 Å². The summed E-state index contributed by atoms with van der Waals surface area (Å²) >= 11 is 0. The molecular formula is C16H25NO4. The highest BCUT2D eigenvalue weighted by Gasteiger charge is 2.17. The molecule has 21 heavy (non-hydrogen) atoms. The Bertz CT molecular complexity index is 438. The Kier molecular flexibility index (Phi) is 6.45. The fourth-order valence-electron chi connectivity index (χ4n) is 2.51. The van der Waals surface area contributed by atoms with E-state index in [2.05, 4.69) is 6.07 Å². The summed E-state index contributed by atoms with van der Waals surface area (Å²) in [5.41, 5.74) is 8.61. The summed E-state index contributed by atoms with van der Waals surface area (Å²) in [6.45, 7) is 1.45. The maximum absolute atomic E-state index is 9.78. The Morgan fingerprint density at radius 2 is 2.19 bits per heavy atom. The van der Waals surface area contributed by atoms with Crippen LogP contribution in [0, 0.1) is 0 Å². The van der Waals surface area contributed by atoms with Gasteiger partial charge in [0.25, 0.3) is 0 Å². The van der Waals surface area contributed by atoms with Gasteiger partial charge in [-0.3, -0.25) is 0 Å². The second kappa shape index (κ2) is 8.34. The fourth-order valence-corrected chi connectivity index (χ4v) is 2.51. The number of ether oxygens (including phenoxy) is 3. The summed E-state index contributed by atoms with van der Waals surface area (Å²) in [6, 6.07) is 6.11. The van der Waals surface area contributed by atoms with Crippen molar-refractivity contribution in [3.63, 3.8) is 0 Å². The number of aliphatic hydroxyl groups excluding tert-OH is 1. The van der Waals surface area contributed by atoms with Crippen LogP contribution in [-0.4, -0.2) is 44.7 Å². The van der Waals surface area contributed by atoms with E-state index < -0.39 is 6.10 Å². The molecule has 1 aliphatic rings. The molecule has 0 aliphatic heterocycles. The highest BCUT2D eigenvalue weighted by molar-refractivity contribution is 5.39. The molecule has 0 fully saturated rings. The Labute approximate surface area is 126 Å². The third-order valence-corrected chi connectivity index (χ3v) is 3.66. The molecule has 3 N–H and O–H groups in total. The Balaban J connectivity index is 1.79. The van der Waals surface area contributed by atoms with Crippen LogP contribution in [-0.2, 0) is 15.9 Å². The first kappa shape index (κ1) is 16.2.